The maximum Gasteiger partial charge on any atom is 0.262 e. The smallest absolute Gasteiger partial charge is 0.262 e. The molecule has 0 aliphatic carbocycles. The van der Waals surface area contributed by atoms with E-state index in [0.717, 1.165) is 84.9 Å². The van der Waals surface area contributed by atoms with Crippen molar-refractivity contribution in [3.8, 4) is 0 Å². The summed E-state index contributed by atoms with van der Waals surface area (Å²) in [7, 11) is 0. The number of imide groups is 2. The van der Waals surface area contributed by atoms with Crippen molar-refractivity contribution in [2.45, 2.75) is 76.7 Å². The van der Waals surface area contributed by atoms with Crippen LogP contribution < -0.4 is 15.1 Å². The SMILES string of the molecule is CC1(C)CC(C=C(c2ccc(N3CCN(C4CN(c5ccc6c(c5)C(=O)N(C5CCC(=O)NC5=O)C6=O)C4)CC3)cc2)c2ccc3[nH]cc(F)c3c2)CC(C)(C)O1. The van der Waals surface area contributed by atoms with Gasteiger partial charge in [0.05, 0.1) is 22.3 Å². The van der Waals surface area contributed by atoms with Crippen LogP contribution >= 0.6 is 0 Å². The van der Waals surface area contributed by atoms with E-state index in [1.807, 2.05) is 18.2 Å². The highest BCUT2D eigenvalue weighted by molar-refractivity contribution is 6.23. The number of piperazine rings is 1. The van der Waals surface area contributed by atoms with Crippen LogP contribution in [0.25, 0.3) is 16.5 Å². The predicted molar refractivity (Wildman–Crippen MR) is 217 cm³/mol. The van der Waals surface area contributed by atoms with E-state index in [1.54, 1.807) is 12.1 Å². The minimum atomic E-state index is -0.974. The number of fused-ring (bicyclic) bond motifs is 2. The lowest BCUT2D eigenvalue weighted by Crippen LogP contribution is -2.63. The summed E-state index contributed by atoms with van der Waals surface area (Å²) in [6, 6.07) is 19.5. The summed E-state index contributed by atoms with van der Waals surface area (Å²) >= 11 is 0. The molecule has 11 nitrogen and oxygen atoms in total. The number of amides is 4. The molecule has 1 atom stereocenters. The highest BCUT2D eigenvalue weighted by Gasteiger charge is 2.45. The highest BCUT2D eigenvalue weighted by atomic mass is 19.1. The van der Waals surface area contributed by atoms with Gasteiger partial charge in [0.2, 0.25) is 11.8 Å². The van der Waals surface area contributed by atoms with Crippen molar-refractivity contribution in [3.63, 3.8) is 0 Å². The van der Waals surface area contributed by atoms with E-state index in [4.69, 9.17) is 4.74 Å². The van der Waals surface area contributed by atoms with Crippen molar-refractivity contribution in [1.82, 2.24) is 20.1 Å². The van der Waals surface area contributed by atoms with Crippen LogP contribution in [0.15, 0.2) is 72.9 Å². The number of hydrogen-bond acceptors (Lipinski definition) is 8. The van der Waals surface area contributed by atoms with Gasteiger partial charge in [0.1, 0.15) is 11.9 Å². The molecule has 0 spiro atoms. The Labute approximate surface area is 331 Å². The number of halogens is 1. The summed E-state index contributed by atoms with van der Waals surface area (Å²) in [5.74, 6) is -1.92. The molecule has 296 valence electrons. The first-order chi connectivity index (χ1) is 27.2. The predicted octanol–water partition coefficient (Wildman–Crippen LogP) is 6.13. The van der Waals surface area contributed by atoms with Crippen LogP contribution in [0.5, 0.6) is 0 Å². The molecule has 4 fully saturated rings. The Kier molecular flexibility index (Phi) is 9.12. The number of rotatable bonds is 7. The molecule has 1 unspecified atom stereocenters. The Morgan fingerprint density at radius 1 is 0.789 bits per heavy atom. The summed E-state index contributed by atoms with van der Waals surface area (Å²) in [5.41, 5.74) is 6.14. The van der Waals surface area contributed by atoms with Crippen LogP contribution in [-0.4, -0.2) is 101 Å². The number of carbonyl (C=O) groups excluding carboxylic acids is 4. The number of aromatic nitrogens is 1. The van der Waals surface area contributed by atoms with Crippen LogP contribution in [0.1, 0.15) is 85.2 Å². The van der Waals surface area contributed by atoms with Crippen molar-refractivity contribution < 1.29 is 28.3 Å². The van der Waals surface area contributed by atoms with Gasteiger partial charge in [-0.1, -0.05) is 24.3 Å². The monoisotopic (exact) mass is 772 g/mol. The van der Waals surface area contributed by atoms with E-state index in [-0.39, 0.29) is 29.9 Å². The molecule has 3 aromatic carbocycles. The van der Waals surface area contributed by atoms with Crippen LogP contribution in [0, 0.1) is 11.7 Å². The maximum absolute atomic E-state index is 14.7. The summed E-state index contributed by atoms with van der Waals surface area (Å²) < 4.78 is 21.1. The number of aromatic amines is 1. The molecule has 4 aromatic rings. The second-order valence-corrected chi connectivity index (χ2v) is 17.6. The Morgan fingerprint density at radius 3 is 2.16 bits per heavy atom. The molecule has 57 heavy (non-hydrogen) atoms. The normalized spacial score (nSPS) is 23.3. The van der Waals surface area contributed by atoms with E-state index in [2.05, 4.69) is 89.1 Å². The molecule has 0 radical (unpaired) electrons. The average molecular weight is 773 g/mol. The van der Waals surface area contributed by atoms with Crippen molar-refractivity contribution in [3.05, 3.63) is 101 Å². The van der Waals surface area contributed by atoms with E-state index < -0.39 is 29.7 Å². The maximum atomic E-state index is 14.7. The van der Waals surface area contributed by atoms with Crippen molar-refractivity contribution in [2.75, 3.05) is 49.1 Å². The summed E-state index contributed by atoms with van der Waals surface area (Å²) in [6.07, 6.45) is 5.83. The number of nitrogens with one attached hydrogen (secondary N) is 2. The number of benzene rings is 3. The number of nitrogens with zero attached hydrogens (tertiary/aromatic N) is 4. The molecule has 12 heteroatoms. The lowest BCUT2D eigenvalue weighted by atomic mass is 9.79. The Balaban J connectivity index is 0.846. The number of carbonyl (C=O) groups is 4. The zero-order valence-corrected chi connectivity index (χ0v) is 32.9. The highest BCUT2D eigenvalue weighted by Crippen LogP contribution is 2.41. The number of hydrogen-bond donors (Lipinski definition) is 2. The van der Waals surface area contributed by atoms with E-state index in [9.17, 15) is 23.6 Å². The van der Waals surface area contributed by atoms with E-state index >= 15 is 0 Å². The molecule has 5 aliphatic rings. The van der Waals surface area contributed by atoms with Crippen LogP contribution in [0.3, 0.4) is 0 Å². The zero-order chi connectivity index (χ0) is 39.8. The van der Waals surface area contributed by atoms with Gasteiger partial charge in [0.25, 0.3) is 11.8 Å². The number of H-pyrrole nitrogens is 1. The fourth-order valence-electron chi connectivity index (χ4n) is 9.88. The van der Waals surface area contributed by atoms with Crippen molar-refractivity contribution in [1.29, 1.82) is 0 Å². The second kappa shape index (κ2) is 13.9. The van der Waals surface area contributed by atoms with Crippen molar-refractivity contribution >= 4 is 51.5 Å². The fourth-order valence-corrected chi connectivity index (χ4v) is 9.88. The van der Waals surface area contributed by atoms with Crippen LogP contribution in [-0.2, 0) is 14.3 Å². The van der Waals surface area contributed by atoms with Gasteiger partial charge in [-0.15, -0.1) is 0 Å². The van der Waals surface area contributed by atoms with Gasteiger partial charge in [-0.3, -0.25) is 34.3 Å². The summed E-state index contributed by atoms with van der Waals surface area (Å²) in [5, 5.41) is 2.84. The summed E-state index contributed by atoms with van der Waals surface area (Å²) in [6.45, 7) is 14.0. The topological polar surface area (TPSA) is 118 Å². The molecule has 4 amide bonds. The first-order valence-corrected chi connectivity index (χ1v) is 20.1. The fraction of sp³-hybridized carbons (Fsp3) is 0.422. The standard InChI is InChI=1S/C45H49FN6O5/c1-44(2)22-27(23-45(3,4)57-44)19-34(29-7-12-38-36(20-29)37(46)24-47-38)28-5-8-30(9-6-28)49-15-17-50(18-16-49)32-25-51(26-32)31-10-11-33-35(21-31)43(56)52(42(33)55)39-13-14-40(53)48-41(39)54/h5-12,19-21,24,27,32,39,47H,13-18,22-23,25-26H2,1-4H3,(H,48,53,54). The molecule has 4 saturated heterocycles. The lowest BCUT2D eigenvalue weighted by molar-refractivity contribution is -0.166. The molecule has 0 saturated carbocycles. The Bertz CT molecular complexity index is 2300. The Hall–Kier alpha value is -5.33. The Morgan fingerprint density at radius 2 is 1.46 bits per heavy atom. The molecule has 9 rings (SSSR count). The quantitative estimate of drug-likeness (QED) is 0.216. The molecular formula is C45H49FN6O5. The van der Waals surface area contributed by atoms with Crippen molar-refractivity contribution in [2.24, 2.45) is 5.92 Å². The first-order valence-electron chi connectivity index (χ1n) is 20.1. The molecular weight excluding hydrogens is 724 g/mol. The van der Waals surface area contributed by atoms with Gasteiger partial charge in [-0.05, 0) is 112 Å². The number of anilines is 2. The van der Waals surface area contributed by atoms with Gasteiger partial charge in [-0.2, -0.15) is 0 Å². The van der Waals surface area contributed by atoms with Gasteiger partial charge < -0.3 is 19.5 Å². The van der Waals surface area contributed by atoms with Gasteiger partial charge in [0.15, 0.2) is 0 Å². The minimum absolute atomic E-state index is 0.0920. The summed E-state index contributed by atoms with van der Waals surface area (Å²) in [4.78, 5) is 61.8. The zero-order valence-electron chi connectivity index (χ0n) is 32.9. The largest absolute Gasteiger partial charge is 0.370 e. The number of ether oxygens (including phenoxy) is 1. The number of piperidine rings is 1. The lowest BCUT2D eigenvalue weighted by Gasteiger charge is -2.49. The second-order valence-electron chi connectivity index (χ2n) is 17.6. The van der Waals surface area contributed by atoms with Crippen LogP contribution in [0.2, 0.25) is 0 Å². The molecule has 1 aromatic heterocycles. The number of allylic oxidation sites excluding steroid dienone is 1. The third kappa shape index (κ3) is 7.03. The van der Waals surface area contributed by atoms with Gasteiger partial charge in [0, 0.05) is 80.2 Å². The minimum Gasteiger partial charge on any atom is -0.370 e. The van der Waals surface area contributed by atoms with E-state index in [0.29, 0.717) is 28.5 Å². The van der Waals surface area contributed by atoms with E-state index in [1.165, 1.54) is 11.9 Å². The van der Waals surface area contributed by atoms with Gasteiger partial charge >= 0.3 is 0 Å². The third-order valence-corrected chi connectivity index (χ3v) is 12.4. The van der Waals surface area contributed by atoms with Gasteiger partial charge in [-0.25, -0.2) is 4.39 Å². The molecule has 6 heterocycles. The average Bonchev–Trinajstić information content (AvgIpc) is 3.64. The first kappa shape index (κ1) is 37.3. The molecule has 5 aliphatic heterocycles. The third-order valence-electron chi connectivity index (χ3n) is 12.4. The molecule has 0 bridgehead atoms. The molecule has 2 N–H and O–H groups in total. The van der Waals surface area contributed by atoms with Crippen LogP contribution in [0.4, 0.5) is 15.8 Å².